The number of hydrogen-bond acceptors (Lipinski definition) is 3. The maximum atomic E-state index is 13.1. The molecule has 1 unspecified atom stereocenters. The van der Waals surface area contributed by atoms with Crippen molar-refractivity contribution in [3.8, 4) is 0 Å². The van der Waals surface area contributed by atoms with Gasteiger partial charge in [0.05, 0.1) is 11.9 Å². The zero-order valence-electron chi connectivity index (χ0n) is 15.1. The summed E-state index contributed by atoms with van der Waals surface area (Å²) >= 11 is 0. The molecule has 0 bridgehead atoms. The smallest absolute Gasteiger partial charge is 0.216 e. The van der Waals surface area contributed by atoms with Crippen LogP contribution in [0, 0.1) is 0 Å². The molecule has 1 atom stereocenters. The van der Waals surface area contributed by atoms with Crippen molar-refractivity contribution in [3.63, 3.8) is 0 Å². The van der Waals surface area contributed by atoms with Crippen LogP contribution in [-0.2, 0) is 27.7 Å². The third kappa shape index (κ3) is 5.66. The maximum Gasteiger partial charge on any atom is 0.216 e. The van der Waals surface area contributed by atoms with Crippen LogP contribution in [0.4, 0.5) is 0 Å². The minimum absolute atomic E-state index is 0.0780. The van der Waals surface area contributed by atoms with E-state index in [1.807, 2.05) is 60.7 Å². The van der Waals surface area contributed by atoms with Gasteiger partial charge in [-0.3, -0.25) is 0 Å². The first kappa shape index (κ1) is 19.1. The van der Waals surface area contributed by atoms with Gasteiger partial charge in [0.15, 0.2) is 0 Å². The number of sulfonamides is 1. The summed E-state index contributed by atoms with van der Waals surface area (Å²) in [5, 5.41) is 0. The highest BCUT2D eigenvalue weighted by Gasteiger charge is 2.28. The first-order valence-corrected chi connectivity index (χ1v) is 10.9. The van der Waals surface area contributed by atoms with Gasteiger partial charge in [-0.15, -0.1) is 0 Å². The van der Waals surface area contributed by atoms with E-state index in [9.17, 15) is 8.42 Å². The molecule has 1 heterocycles. The Hall–Kier alpha value is -1.69. The summed E-state index contributed by atoms with van der Waals surface area (Å²) in [4.78, 5) is 0. The number of ether oxygens (including phenoxy) is 1. The zero-order chi connectivity index (χ0) is 18.2. The second kappa shape index (κ2) is 9.31. The molecule has 0 aromatic heterocycles. The lowest BCUT2D eigenvalue weighted by molar-refractivity contribution is 0.0298. The molecule has 0 amide bonds. The maximum absolute atomic E-state index is 13.1. The van der Waals surface area contributed by atoms with Crippen molar-refractivity contribution in [2.24, 2.45) is 0 Å². The molecule has 0 spiro atoms. The molecule has 0 N–H and O–H groups in total. The first-order valence-electron chi connectivity index (χ1n) is 9.31. The molecule has 1 fully saturated rings. The van der Waals surface area contributed by atoms with Crippen LogP contribution in [-0.4, -0.2) is 37.7 Å². The van der Waals surface area contributed by atoms with Crippen LogP contribution in [0.3, 0.4) is 0 Å². The molecular weight excluding hydrogens is 346 g/mol. The average molecular weight is 374 g/mol. The highest BCUT2D eigenvalue weighted by molar-refractivity contribution is 7.89. The lowest BCUT2D eigenvalue weighted by Crippen LogP contribution is -2.39. The Morgan fingerprint density at radius 1 is 0.923 bits per heavy atom. The molecule has 2 aromatic rings. The van der Waals surface area contributed by atoms with Crippen LogP contribution in [0.15, 0.2) is 60.7 Å². The Bertz CT molecular complexity index is 756. The molecule has 3 rings (SSSR count). The van der Waals surface area contributed by atoms with Gasteiger partial charge < -0.3 is 4.74 Å². The second-order valence-electron chi connectivity index (χ2n) is 6.82. The molecule has 1 aliphatic heterocycles. The molecule has 5 heteroatoms. The van der Waals surface area contributed by atoms with Gasteiger partial charge in [-0.05, 0) is 36.8 Å². The predicted molar refractivity (Wildman–Crippen MR) is 104 cm³/mol. The highest BCUT2D eigenvalue weighted by Crippen LogP contribution is 2.18. The minimum atomic E-state index is -3.38. The molecule has 140 valence electrons. The Labute approximate surface area is 156 Å². The third-order valence-corrected chi connectivity index (χ3v) is 6.65. The molecule has 0 saturated carbocycles. The van der Waals surface area contributed by atoms with E-state index in [0.717, 1.165) is 30.4 Å². The van der Waals surface area contributed by atoms with Crippen molar-refractivity contribution in [1.82, 2.24) is 4.31 Å². The summed E-state index contributed by atoms with van der Waals surface area (Å²) in [7, 11) is -3.38. The Morgan fingerprint density at radius 3 is 2.19 bits per heavy atom. The van der Waals surface area contributed by atoms with Crippen LogP contribution >= 0.6 is 0 Å². The Kier molecular flexibility index (Phi) is 6.83. The summed E-state index contributed by atoms with van der Waals surface area (Å²) in [5.74, 6) is 0.0780. The molecule has 26 heavy (non-hydrogen) atoms. The van der Waals surface area contributed by atoms with Crippen molar-refractivity contribution in [3.05, 3.63) is 71.8 Å². The van der Waals surface area contributed by atoms with E-state index < -0.39 is 10.0 Å². The topological polar surface area (TPSA) is 46.6 Å². The molecule has 4 nitrogen and oxygen atoms in total. The summed E-state index contributed by atoms with van der Waals surface area (Å²) in [5.41, 5.74) is 2.16. The summed E-state index contributed by atoms with van der Waals surface area (Å²) < 4.78 is 33.4. The van der Waals surface area contributed by atoms with Crippen LogP contribution in [0.2, 0.25) is 0 Å². The average Bonchev–Trinajstić information content (AvgIpc) is 2.67. The molecule has 2 aromatic carbocycles. The number of nitrogens with zero attached hydrogens (tertiary/aromatic N) is 1. The summed E-state index contributed by atoms with van der Waals surface area (Å²) in [6, 6.07) is 19.8. The third-order valence-electron chi connectivity index (χ3n) is 4.76. The van der Waals surface area contributed by atoms with Gasteiger partial charge in [-0.1, -0.05) is 60.7 Å². The van der Waals surface area contributed by atoms with Gasteiger partial charge in [0.25, 0.3) is 0 Å². The van der Waals surface area contributed by atoms with Crippen LogP contribution in [0.25, 0.3) is 0 Å². The van der Waals surface area contributed by atoms with Gasteiger partial charge in [0.1, 0.15) is 0 Å². The molecule has 1 saturated heterocycles. The summed E-state index contributed by atoms with van der Waals surface area (Å²) in [6.45, 7) is 1.56. The van der Waals surface area contributed by atoms with E-state index >= 15 is 0 Å². The van der Waals surface area contributed by atoms with Crippen molar-refractivity contribution in [2.45, 2.75) is 38.3 Å². The van der Waals surface area contributed by atoms with Crippen LogP contribution < -0.4 is 0 Å². The van der Waals surface area contributed by atoms with E-state index in [1.165, 1.54) is 0 Å². The number of benzene rings is 2. The molecular formula is C21H27NO3S. The van der Waals surface area contributed by atoms with E-state index in [0.29, 0.717) is 26.1 Å². The number of hydrogen-bond donors (Lipinski definition) is 0. The second-order valence-corrected chi connectivity index (χ2v) is 8.84. The van der Waals surface area contributed by atoms with Gasteiger partial charge in [-0.25, -0.2) is 8.42 Å². The van der Waals surface area contributed by atoms with Crippen LogP contribution in [0.5, 0.6) is 0 Å². The van der Waals surface area contributed by atoms with Gasteiger partial charge >= 0.3 is 0 Å². The van der Waals surface area contributed by atoms with Gasteiger partial charge in [-0.2, -0.15) is 4.31 Å². The monoisotopic (exact) mass is 373 g/mol. The molecule has 0 aliphatic carbocycles. The normalized spacial score (nSPS) is 18.1. The zero-order valence-corrected chi connectivity index (χ0v) is 15.9. The number of rotatable bonds is 8. The SMILES string of the molecule is O=S(=O)(CC1CCCCO1)N(CCc1ccccc1)Cc1ccccc1. The fourth-order valence-corrected chi connectivity index (χ4v) is 4.94. The van der Waals surface area contributed by atoms with Crippen molar-refractivity contribution >= 4 is 10.0 Å². The largest absolute Gasteiger partial charge is 0.377 e. The Balaban J connectivity index is 1.72. The van der Waals surface area contributed by atoms with E-state index in [4.69, 9.17) is 4.74 Å². The first-order chi connectivity index (χ1) is 12.6. The van der Waals surface area contributed by atoms with E-state index in [2.05, 4.69) is 0 Å². The van der Waals surface area contributed by atoms with Crippen molar-refractivity contribution < 1.29 is 13.2 Å². The van der Waals surface area contributed by atoms with Gasteiger partial charge in [0, 0.05) is 19.7 Å². The fraction of sp³-hybridized carbons (Fsp3) is 0.429. The lowest BCUT2D eigenvalue weighted by Gasteiger charge is -2.27. The summed E-state index contributed by atoms with van der Waals surface area (Å²) in [6.07, 6.45) is 3.43. The van der Waals surface area contributed by atoms with Gasteiger partial charge in [0.2, 0.25) is 10.0 Å². The fourth-order valence-electron chi connectivity index (χ4n) is 3.28. The van der Waals surface area contributed by atoms with E-state index in [1.54, 1.807) is 4.31 Å². The predicted octanol–water partition coefficient (Wildman–Crippen LogP) is 3.63. The highest BCUT2D eigenvalue weighted by atomic mass is 32.2. The van der Waals surface area contributed by atoms with Crippen molar-refractivity contribution in [2.75, 3.05) is 18.9 Å². The Morgan fingerprint density at radius 2 is 1.58 bits per heavy atom. The minimum Gasteiger partial charge on any atom is -0.377 e. The molecule has 1 aliphatic rings. The molecule has 0 radical (unpaired) electrons. The van der Waals surface area contributed by atoms with Crippen molar-refractivity contribution in [1.29, 1.82) is 0 Å². The lowest BCUT2D eigenvalue weighted by atomic mass is 10.1. The van der Waals surface area contributed by atoms with E-state index in [-0.39, 0.29) is 11.9 Å². The quantitative estimate of drug-likeness (QED) is 0.710. The van der Waals surface area contributed by atoms with Crippen LogP contribution in [0.1, 0.15) is 30.4 Å². The standard InChI is InChI=1S/C21H27NO3S/c23-26(24,18-21-13-7-8-16-25-21)22(17-20-11-5-2-6-12-20)15-14-19-9-3-1-4-10-19/h1-6,9-12,21H,7-8,13-18H2.